The highest BCUT2D eigenvalue weighted by atomic mass is 32.2. The van der Waals surface area contributed by atoms with Gasteiger partial charge in [0.1, 0.15) is 10.6 Å². The predicted octanol–water partition coefficient (Wildman–Crippen LogP) is 2.99. The maximum atomic E-state index is 12.7. The first-order chi connectivity index (χ1) is 12.2. The SMILES string of the molecule is Cc1cc(C)c(NC(=O)c2cc(S(=O)(=O)N3CCCC3)cn2C)c(C)c1. The molecule has 0 spiro atoms. The molecular weight excluding hydrogens is 350 g/mol. The first-order valence-electron chi connectivity index (χ1n) is 8.76. The first-order valence-corrected chi connectivity index (χ1v) is 10.2. The van der Waals surface area contributed by atoms with Gasteiger partial charge in [-0.3, -0.25) is 4.79 Å². The molecule has 140 valence electrons. The van der Waals surface area contributed by atoms with Gasteiger partial charge in [-0.1, -0.05) is 17.7 Å². The third-order valence-electron chi connectivity index (χ3n) is 4.83. The summed E-state index contributed by atoms with van der Waals surface area (Å²) in [5.74, 6) is -0.314. The lowest BCUT2D eigenvalue weighted by Gasteiger charge is -2.13. The Morgan fingerprint density at radius 3 is 2.19 bits per heavy atom. The number of carbonyl (C=O) groups is 1. The van der Waals surface area contributed by atoms with Crippen molar-refractivity contribution in [3.63, 3.8) is 0 Å². The summed E-state index contributed by atoms with van der Waals surface area (Å²) in [6, 6.07) is 5.48. The van der Waals surface area contributed by atoms with Crippen LogP contribution in [0.15, 0.2) is 29.3 Å². The molecule has 1 saturated heterocycles. The lowest BCUT2D eigenvalue weighted by molar-refractivity contribution is 0.101. The van der Waals surface area contributed by atoms with Crippen LogP contribution in [-0.2, 0) is 17.1 Å². The Hall–Kier alpha value is -2.12. The number of nitrogens with one attached hydrogen (secondary N) is 1. The minimum atomic E-state index is -3.54. The number of carbonyl (C=O) groups excluding carboxylic acids is 1. The Morgan fingerprint density at radius 1 is 1.04 bits per heavy atom. The maximum Gasteiger partial charge on any atom is 0.272 e. The van der Waals surface area contributed by atoms with E-state index in [1.165, 1.54) is 16.6 Å². The van der Waals surface area contributed by atoms with Crippen LogP contribution in [0.3, 0.4) is 0 Å². The summed E-state index contributed by atoms with van der Waals surface area (Å²) in [4.78, 5) is 12.9. The zero-order valence-electron chi connectivity index (χ0n) is 15.7. The van der Waals surface area contributed by atoms with Crippen molar-refractivity contribution in [3.8, 4) is 0 Å². The van der Waals surface area contributed by atoms with Gasteiger partial charge in [0.25, 0.3) is 5.91 Å². The van der Waals surface area contributed by atoms with E-state index in [9.17, 15) is 13.2 Å². The topological polar surface area (TPSA) is 71.4 Å². The van der Waals surface area contributed by atoms with Gasteiger partial charge in [-0.25, -0.2) is 8.42 Å². The molecule has 2 heterocycles. The van der Waals surface area contributed by atoms with E-state index in [-0.39, 0.29) is 10.8 Å². The Labute approximate surface area is 154 Å². The zero-order chi connectivity index (χ0) is 19.1. The number of sulfonamides is 1. The van der Waals surface area contributed by atoms with Crippen LogP contribution in [0.4, 0.5) is 5.69 Å². The van der Waals surface area contributed by atoms with Gasteiger partial charge < -0.3 is 9.88 Å². The molecule has 2 aromatic rings. The van der Waals surface area contributed by atoms with Crippen molar-refractivity contribution in [2.24, 2.45) is 7.05 Å². The number of hydrogen-bond donors (Lipinski definition) is 1. The third kappa shape index (κ3) is 3.41. The van der Waals surface area contributed by atoms with Crippen LogP contribution in [0.5, 0.6) is 0 Å². The molecule has 6 nitrogen and oxygen atoms in total. The zero-order valence-corrected chi connectivity index (χ0v) is 16.5. The number of amides is 1. The molecule has 1 aliphatic rings. The molecule has 26 heavy (non-hydrogen) atoms. The van der Waals surface area contributed by atoms with E-state index >= 15 is 0 Å². The second-order valence-corrected chi connectivity index (χ2v) is 8.95. The average molecular weight is 375 g/mol. The van der Waals surface area contributed by atoms with E-state index < -0.39 is 10.0 Å². The maximum absolute atomic E-state index is 12.7. The molecule has 1 aromatic heterocycles. The summed E-state index contributed by atoms with van der Waals surface area (Å²) in [6.07, 6.45) is 3.27. The van der Waals surface area contributed by atoms with Crippen molar-refractivity contribution in [2.75, 3.05) is 18.4 Å². The Bertz CT molecular complexity index is 931. The van der Waals surface area contributed by atoms with Gasteiger partial charge in [-0.2, -0.15) is 4.31 Å². The third-order valence-corrected chi connectivity index (χ3v) is 6.69. The second-order valence-electron chi connectivity index (χ2n) is 7.01. The summed E-state index contributed by atoms with van der Waals surface area (Å²) in [5.41, 5.74) is 4.19. The number of nitrogens with zero attached hydrogens (tertiary/aromatic N) is 2. The van der Waals surface area contributed by atoms with E-state index in [1.54, 1.807) is 11.6 Å². The van der Waals surface area contributed by atoms with E-state index in [0.717, 1.165) is 35.2 Å². The number of aryl methyl sites for hydroxylation is 4. The van der Waals surface area contributed by atoms with Gasteiger partial charge in [0, 0.05) is 32.0 Å². The molecule has 7 heteroatoms. The van der Waals surface area contributed by atoms with Crippen molar-refractivity contribution >= 4 is 21.6 Å². The summed E-state index contributed by atoms with van der Waals surface area (Å²) in [6.45, 7) is 6.99. The van der Waals surface area contributed by atoms with Gasteiger partial charge in [-0.15, -0.1) is 0 Å². The fourth-order valence-corrected chi connectivity index (χ4v) is 5.12. The molecule has 0 radical (unpaired) electrons. The Kier molecular flexibility index (Phi) is 4.94. The monoisotopic (exact) mass is 375 g/mol. The minimum Gasteiger partial charge on any atom is -0.345 e. The molecule has 1 fully saturated rings. The molecule has 0 atom stereocenters. The predicted molar refractivity (Wildman–Crippen MR) is 102 cm³/mol. The molecule has 0 unspecified atom stereocenters. The molecule has 3 rings (SSSR count). The fourth-order valence-electron chi connectivity index (χ4n) is 3.53. The van der Waals surface area contributed by atoms with E-state index in [2.05, 4.69) is 5.32 Å². The molecule has 1 aliphatic heterocycles. The molecule has 0 bridgehead atoms. The van der Waals surface area contributed by atoms with Crippen LogP contribution in [0.25, 0.3) is 0 Å². The number of rotatable bonds is 4. The van der Waals surface area contributed by atoms with Crippen molar-refractivity contribution < 1.29 is 13.2 Å². The van der Waals surface area contributed by atoms with Crippen LogP contribution in [0.2, 0.25) is 0 Å². The van der Waals surface area contributed by atoms with Crippen LogP contribution in [-0.4, -0.2) is 36.3 Å². The van der Waals surface area contributed by atoms with Gasteiger partial charge in [-0.05, 0) is 50.8 Å². The molecular formula is C19H25N3O3S. The molecule has 1 N–H and O–H groups in total. The van der Waals surface area contributed by atoms with Gasteiger partial charge in [0.2, 0.25) is 10.0 Å². The normalized spacial score (nSPS) is 15.4. The van der Waals surface area contributed by atoms with Gasteiger partial charge in [0.15, 0.2) is 0 Å². The summed E-state index contributed by atoms with van der Waals surface area (Å²) < 4.78 is 28.5. The largest absolute Gasteiger partial charge is 0.345 e. The molecule has 0 saturated carbocycles. The Balaban J connectivity index is 1.89. The van der Waals surface area contributed by atoms with Gasteiger partial charge >= 0.3 is 0 Å². The van der Waals surface area contributed by atoms with Crippen LogP contribution in [0.1, 0.15) is 40.0 Å². The molecule has 0 aliphatic carbocycles. The van der Waals surface area contributed by atoms with Crippen LogP contribution >= 0.6 is 0 Å². The molecule has 1 amide bonds. The van der Waals surface area contributed by atoms with E-state index in [0.29, 0.717) is 18.8 Å². The second kappa shape index (κ2) is 6.89. The minimum absolute atomic E-state index is 0.171. The highest BCUT2D eigenvalue weighted by Gasteiger charge is 2.29. The van der Waals surface area contributed by atoms with Crippen molar-refractivity contribution in [1.82, 2.24) is 8.87 Å². The lowest BCUT2D eigenvalue weighted by Crippen LogP contribution is -2.27. The number of benzene rings is 1. The summed E-state index contributed by atoms with van der Waals surface area (Å²) in [5, 5.41) is 2.93. The quantitative estimate of drug-likeness (QED) is 0.893. The highest BCUT2D eigenvalue weighted by Crippen LogP contribution is 2.25. The average Bonchev–Trinajstić information content (AvgIpc) is 3.20. The lowest BCUT2D eigenvalue weighted by atomic mass is 10.1. The fraction of sp³-hybridized carbons (Fsp3) is 0.421. The first kappa shape index (κ1) is 18.7. The van der Waals surface area contributed by atoms with Crippen LogP contribution < -0.4 is 5.32 Å². The van der Waals surface area contributed by atoms with Crippen molar-refractivity contribution in [1.29, 1.82) is 0 Å². The van der Waals surface area contributed by atoms with Crippen LogP contribution in [0, 0.1) is 20.8 Å². The molecule has 1 aromatic carbocycles. The highest BCUT2D eigenvalue weighted by molar-refractivity contribution is 7.89. The smallest absolute Gasteiger partial charge is 0.272 e. The van der Waals surface area contributed by atoms with E-state index in [4.69, 9.17) is 0 Å². The Morgan fingerprint density at radius 2 is 1.62 bits per heavy atom. The number of hydrogen-bond acceptors (Lipinski definition) is 3. The van der Waals surface area contributed by atoms with Crippen molar-refractivity contribution in [2.45, 2.75) is 38.5 Å². The standard InChI is InChI=1S/C19H25N3O3S/c1-13-9-14(2)18(15(3)10-13)20-19(23)17-11-16(12-21(17)4)26(24,25)22-7-5-6-8-22/h9-12H,5-8H2,1-4H3,(H,20,23). The number of aromatic nitrogens is 1. The number of anilines is 1. The van der Waals surface area contributed by atoms with Gasteiger partial charge in [0.05, 0.1) is 0 Å². The van der Waals surface area contributed by atoms with E-state index in [1.807, 2.05) is 32.9 Å². The summed E-state index contributed by atoms with van der Waals surface area (Å²) in [7, 11) is -1.85. The summed E-state index contributed by atoms with van der Waals surface area (Å²) >= 11 is 0. The van der Waals surface area contributed by atoms with Crippen molar-refractivity contribution in [3.05, 3.63) is 46.8 Å².